The number of carbonyl (C=O) groups is 1. The van der Waals surface area contributed by atoms with Crippen LogP contribution in [0.25, 0.3) is 11.3 Å². The third-order valence-electron chi connectivity index (χ3n) is 3.72. The first-order chi connectivity index (χ1) is 12.0. The van der Waals surface area contributed by atoms with Crippen molar-refractivity contribution in [3.8, 4) is 11.3 Å². The van der Waals surface area contributed by atoms with Gasteiger partial charge in [-0.05, 0) is 38.1 Å². The molecule has 0 bridgehead atoms. The molecule has 0 saturated heterocycles. The zero-order valence-electron chi connectivity index (χ0n) is 14.6. The first kappa shape index (κ1) is 17.2. The average molecular weight is 351 g/mol. The van der Waals surface area contributed by atoms with Crippen LogP contribution in [0.5, 0.6) is 0 Å². The van der Waals surface area contributed by atoms with E-state index in [2.05, 4.69) is 30.2 Å². The first-order valence-electron chi connectivity index (χ1n) is 8.20. The van der Waals surface area contributed by atoms with Crippen LogP contribution < -0.4 is 10.2 Å². The highest BCUT2D eigenvalue weighted by Crippen LogP contribution is 2.29. The highest BCUT2D eigenvalue weighted by molar-refractivity contribution is 7.14. The van der Waals surface area contributed by atoms with Crippen LogP contribution in [-0.2, 0) is 0 Å². The van der Waals surface area contributed by atoms with Gasteiger partial charge in [0.25, 0.3) is 5.91 Å². The summed E-state index contributed by atoms with van der Waals surface area (Å²) in [7, 11) is 1.76. The van der Waals surface area contributed by atoms with Gasteiger partial charge in [0.2, 0.25) is 0 Å². The van der Waals surface area contributed by atoms with Gasteiger partial charge in [0, 0.05) is 35.3 Å². The van der Waals surface area contributed by atoms with Crippen molar-refractivity contribution in [3.63, 3.8) is 0 Å². The summed E-state index contributed by atoms with van der Waals surface area (Å²) in [6, 6.07) is 17.8. The van der Waals surface area contributed by atoms with Gasteiger partial charge in [0.05, 0.1) is 5.69 Å². The average Bonchev–Trinajstić information content (AvgIpc) is 3.11. The number of thiazole rings is 1. The van der Waals surface area contributed by atoms with Gasteiger partial charge < -0.3 is 5.32 Å². The molecule has 3 aromatic rings. The fraction of sp³-hybridized carbons (Fsp3) is 0.200. The first-order valence-corrected chi connectivity index (χ1v) is 9.08. The van der Waals surface area contributed by atoms with E-state index in [0.29, 0.717) is 16.7 Å². The van der Waals surface area contributed by atoms with Crippen LogP contribution in [0.2, 0.25) is 0 Å². The van der Waals surface area contributed by atoms with E-state index < -0.39 is 0 Å². The highest BCUT2D eigenvalue weighted by atomic mass is 32.1. The molecular formula is C20H21N3OS. The number of amides is 1. The van der Waals surface area contributed by atoms with Crippen LogP contribution >= 0.6 is 11.3 Å². The third kappa shape index (κ3) is 4.06. The quantitative estimate of drug-likeness (QED) is 0.710. The Morgan fingerprint density at radius 3 is 2.60 bits per heavy atom. The third-order valence-corrected chi connectivity index (χ3v) is 4.64. The molecule has 0 aliphatic rings. The van der Waals surface area contributed by atoms with E-state index in [1.165, 1.54) is 11.3 Å². The van der Waals surface area contributed by atoms with E-state index >= 15 is 0 Å². The van der Waals surface area contributed by atoms with E-state index in [0.717, 1.165) is 16.9 Å². The smallest absolute Gasteiger partial charge is 0.259 e. The lowest BCUT2D eigenvalue weighted by Gasteiger charge is -2.13. The second-order valence-electron chi connectivity index (χ2n) is 6.13. The van der Waals surface area contributed by atoms with E-state index in [4.69, 9.17) is 0 Å². The number of carbonyl (C=O) groups excluding carboxylic acids is 1. The summed E-state index contributed by atoms with van der Waals surface area (Å²) < 4.78 is 0. The standard InChI is InChI=1S/C20H21N3OS/c1-14(2)21-17-11-7-10-16(12-17)18-13-25-20(22-18)23(3)19(24)15-8-5-4-6-9-15/h4-14,21H,1-3H3. The number of benzene rings is 2. The van der Waals surface area contributed by atoms with Gasteiger partial charge in [-0.25, -0.2) is 4.98 Å². The van der Waals surface area contributed by atoms with Gasteiger partial charge in [-0.2, -0.15) is 0 Å². The maximum Gasteiger partial charge on any atom is 0.259 e. The molecular weight excluding hydrogens is 330 g/mol. The second-order valence-corrected chi connectivity index (χ2v) is 6.96. The summed E-state index contributed by atoms with van der Waals surface area (Å²) in [5.74, 6) is -0.0586. The molecule has 2 aromatic carbocycles. The van der Waals surface area contributed by atoms with E-state index in [1.54, 1.807) is 11.9 Å². The summed E-state index contributed by atoms with van der Waals surface area (Å²) in [6.07, 6.45) is 0. The van der Waals surface area contributed by atoms with Crippen molar-refractivity contribution in [1.82, 2.24) is 4.98 Å². The van der Waals surface area contributed by atoms with Crippen molar-refractivity contribution < 1.29 is 4.79 Å². The van der Waals surface area contributed by atoms with Gasteiger partial charge >= 0.3 is 0 Å². The Bertz CT molecular complexity index is 858. The molecule has 1 N–H and O–H groups in total. The highest BCUT2D eigenvalue weighted by Gasteiger charge is 2.16. The molecule has 1 heterocycles. The number of hydrogen-bond donors (Lipinski definition) is 1. The lowest BCUT2D eigenvalue weighted by Crippen LogP contribution is -2.25. The molecule has 128 valence electrons. The van der Waals surface area contributed by atoms with Crippen LogP contribution in [-0.4, -0.2) is 24.0 Å². The largest absolute Gasteiger partial charge is 0.383 e. The van der Waals surface area contributed by atoms with Gasteiger partial charge in [-0.15, -0.1) is 11.3 Å². The molecule has 3 rings (SSSR count). The monoisotopic (exact) mass is 351 g/mol. The Morgan fingerprint density at radius 2 is 1.88 bits per heavy atom. The summed E-state index contributed by atoms with van der Waals surface area (Å²) in [6.45, 7) is 4.22. The Morgan fingerprint density at radius 1 is 1.12 bits per heavy atom. The Labute approximate surface area is 152 Å². The number of rotatable bonds is 5. The van der Waals surface area contributed by atoms with Crippen molar-refractivity contribution in [2.75, 3.05) is 17.3 Å². The number of aromatic nitrogens is 1. The Balaban J connectivity index is 1.81. The minimum Gasteiger partial charge on any atom is -0.383 e. The van der Waals surface area contributed by atoms with E-state index in [1.807, 2.05) is 53.9 Å². The maximum atomic E-state index is 12.5. The number of nitrogens with one attached hydrogen (secondary N) is 1. The van der Waals surface area contributed by atoms with Crippen molar-refractivity contribution in [3.05, 3.63) is 65.5 Å². The van der Waals surface area contributed by atoms with E-state index in [9.17, 15) is 4.79 Å². The fourth-order valence-corrected chi connectivity index (χ4v) is 3.31. The van der Waals surface area contributed by atoms with Crippen molar-refractivity contribution in [1.29, 1.82) is 0 Å². The lowest BCUT2D eigenvalue weighted by atomic mass is 10.1. The van der Waals surface area contributed by atoms with Gasteiger partial charge in [-0.1, -0.05) is 30.3 Å². The maximum absolute atomic E-state index is 12.5. The Hall–Kier alpha value is -2.66. The molecule has 1 amide bonds. The summed E-state index contributed by atoms with van der Waals surface area (Å²) in [5.41, 5.74) is 3.63. The fourth-order valence-electron chi connectivity index (χ4n) is 2.51. The van der Waals surface area contributed by atoms with Crippen molar-refractivity contribution >= 4 is 28.1 Å². The molecule has 0 aliphatic heterocycles. The molecule has 0 radical (unpaired) electrons. The minimum absolute atomic E-state index is 0.0586. The summed E-state index contributed by atoms with van der Waals surface area (Å²) >= 11 is 1.47. The molecule has 1 aromatic heterocycles. The van der Waals surface area contributed by atoms with E-state index in [-0.39, 0.29) is 5.91 Å². The molecule has 0 spiro atoms. The molecule has 0 aliphatic carbocycles. The lowest BCUT2D eigenvalue weighted by molar-refractivity contribution is 0.0993. The van der Waals surface area contributed by atoms with Gasteiger partial charge in [0.1, 0.15) is 0 Å². The van der Waals surface area contributed by atoms with Crippen LogP contribution in [0, 0.1) is 0 Å². The van der Waals surface area contributed by atoms with Gasteiger partial charge in [0.15, 0.2) is 5.13 Å². The predicted molar refractivity (Wildman–Crippen MR) is 105 cm³/mol. The van der Waals surface area contributed by atoms with Crippen LogP contribution in [0.15, 0.2) is 60.0 Å². The number of nitrogens with zero attached hydrogens (tertiary/aromatic N) is 2. The Kier molecular flexibility index (Phi) is 5.14. The van der Waals surface area contributed by atoms with Crippen LogP contribution in [0.4, 0.5) is 10.8 Å². The minimum atomic E-state index is -0.0586. The normalized spacial score (nSPS) is 10.7. The molecule has 5 heteroatoms. The predicted octanol–water partition coefficient (Wildman–Crippen LogP) is 4.91. The molecule has 0 saturated carbocycles. The topological polar surface area (TPSA) is 45.2 Å². The molecule has 0 unspecified atom stereocenters. The molecule has 25 heavy (non-hydrogen) atoms. The number of hydrogen-bond acceptors (Lipinski definition) is 4. The molecule has 0 fully saturated rings. The van der Waals surface area contributed by atoms with Gasteiger partial charge in [-0.3, -0.25) is 9.69 Å². The van der Waals surface area contributed by atoms with Crippen LogP contribution in [0.3, 0.4) is 0 Å². The SMILES string of the molecule is CC(C)Nc1cccc(-c2csc(N(C)C(=O)c3ccccc3)n2)c1. The zero-order valence-corrected chi connectivity index (χ0v) is 15.4. The summed E-state index contributed by atoms with van der Waals surface area (Å²) in [4.78, 5) is 18.8. The molecule has 0 atom stereocenters. The summed E-state index contributed by atoms with van der Waals surface area (Å²) in [5, 5.41) is 6.07. The van der Waals surface area contributed by atoms with Crippen LogP contribution in [0.1, 0.15) is 24.2 Å². The van der Waals surface area contributed by atoms with Crippen molar-refractivity contribution in [2.24, 2.45) is 0 Å². The zero-order chi connectivity index (χ0) is 17.8. The second kappa shape index (κ2) is 7.49. The number of anilines is 2. The molecule has 4 nitrogen and oxygen atoms in total. The van der Waals surface area contributed by atoms with Crippen molar-refractivity contribution in [2.45, 2.75) is 19.9 Å².